The lowest BCUT2D eigenvalue weighted by atomic mass is 9.93. The lowest BCUT2D eigenvalue weighted by Crippen LogP contribution is -2.29. The molecule has 0 spiro atoms. The van der Waals surface area contributed by atoms with Crippen molar-refractivity contribution >= 4 is 38.8 Å². The Hall–Kier alpha value is -1.04. The Morgan fingerprint density at radius 1 is 0.870 bits per heavy atom. The van der Waals surface area contributed by atoms with Gasteiger partial charge in [-0.1, -0.05) is 99.2 Å². The van der Waals surface area contributed by atoms with Crippen LogP contribution in [0.1, 0.15) is 5.56 Å². The van der Waals surface area contributed by atoms with Crippen LogP contribution in [-0.4, -0.2) is 21.0 Å². The van der Waals surface area contributed by atoms with Gasteiger partial charge in [-0.25, -0.2) is 0 Å². The number of hydrogen-bond donors (Lipinski definition) is 0. The van der Waals surface area contributed by atoms with Crippen molar-refractivity contribution in [3.8, 4) is 0 Å². The predicted molar refractivity (Wildman–Crippen MR) is 112 cm³/mol. The molecule has 0 N–H and O–H groups in total. The van der Waals surface area contributed by atoms with E-state index in [1.165, 1.54) is 26.8 Å². The Morgan fingerprint density at radius 3 is 2.00 bits per heavy atom. The van der Waals surface area contributed by atoms with Crippen LogP contribution in [0.4, 0.5) is 0 Å². The molecule has 0 aliphatic heterocycles. The Bertz CT molecular complexity index is 753. The van der Waals surface area contributed by atoms with Crippen molar-refractivity contribution in [3.63, 3.8) is 0 Å². The average molecular weight is 355 g/mol. The quantitative estimate of drug-likeness (QED) is 0.469. The van der Waals surface area contributed by atoms with E-state index in [9.17, 15) is 0 Å². The van der Waals surface area contributed by atoms with Crippen LogP contribution in [0.5, 0.6) is 0 Å². The molecule has 3 heteroatoms. The summed E-state index contributed by atoms with van der Waals surface area (Å²) in [5.74, 6) is 0.397. The van der Waals surface area contributed by atoms with Crippen LogP contribution in [0.3, 0.4) is 0 Å². The Labute approximate surface area is 148 Å². The van der Waals surface area contributed by atoms with Gasteiger partial charge in [0, 0.05) is 10.8 Å². The average Bonchev–Trinajstić information content (AvgIpc) is 2.97. The second-order valence-electron chi connectivity index (χ2n) is 8.68. The number of allylic oxidation sites excluding steroid dienone is 6. The summed E-state index contributed by atoms with van der Waals surface area (Å²) >= 11 is 5.97. The molecule has 0 amide bonds. The largest absolute Gasteiger partial charge is 0.0799 e. The Balaban J connectivity index is 2.17. The molecule has 0 radical (unpaired) electrons. The molecule has 0 bridgehead atoms. The van der Waals surface area contributed by atoms with Gasteiger partial charge in [-0.15, -0.1) is 0 Å². The molecule has 1 unspecified atom stereocenters. The van der Waals surface area contributed by atoms with Gasteiger partial charge >= 0.3 is 0 Å². The van der Waals surface area contributed by atoms with E-state index in [0.29, 0.717) is 5.92 Å². The monoisotopic (exact) mass is 354 g/mol. The summed E-state index contributed by atoms with van der Waals surface area (Å²) < 4.78 is 0. The SMILES string of the molecule is C[Si](C)(C)C1=CC2C(c3ccccc3)=CC([Si](C)(C)C)=C2C1=S. The first kappa shape index (κ1) is 16.8. The van der Waals surface area contributed by atoms with E-state index in [1.807, 2.05) is 0 Å². The molecule has 1 atom stereocenters. The van der Waals surface area contributed by atoms with Gasteiger partial charge in [0.25, 0.3) is 0 Å². The van der Waals surface area contributed by atoms with Gasteiger partial charge in [-0.05, 0) is 21.9 Å². The molecule has 23 heavy (non-hydrogen) atoms. The molecule has 3 rings (SSSR count). The summed E-state index contributed by atoms with van der Waals surface area (Å²) in [6, 6.07) is 10.8. The molecule has 0 saturated heterocycles. The maximum Gasteiger partial charge on any atom is 0.0791 e. The number of hydrogen-bond acceptors (Lipinski definition) is 1. The predicted octanol–water partition coefficient (Wildman–Crippen LogP) is 6.06. The van der Waals surface area contributed by atoms with Crippen LogP contribution in [0.25, 0.3) is 5.57 Å². The molecule has 1 aromatic rings. The first-order chi connectivity index (χ1) is 10.6. The number of fused-ring (bicyclic) bond motifs is 1. The minimum atomic E-state index is -1.42. The number of thiocarbonyl (C=S) groups is 1. The van der Waals surface area contributed by atoms with E-state index in [-0.39, 0.29) is 0 Å². The highest BCUT2D eigenvalue weighted by Gasteiger charge is 2.42. The van der Waals surface area contributed by atoms with Gasteiger partial charge in [-0.2, -0.15) is 0 Å². The van der Waals surface area contributed by atoms with Crippen LogP contribution in [0, 0.1) is 5.92 Å². The molecule has 0 heterocycles. The third-order valence-electron chi connectivity index (χ3n) is 4.78. The summed E-state index contributed by atoms with van der Waals surface area (Å²) in [7, 11) is -2.82. The molecule has 120 valence electrons. The second-order valence-corrected chi connectivity index (χ2v) is 19.2. The van der Waals surface area contributed by atoms with Crippen molar-refractivity contribution in [1.82, 2.24) is 0 Å². The minimum Gasteiger partial charge on any atom is -0.0799 e. The van der Waals surface area contributed by atoms with Crippen LogP contribution in [0.15, 0.2) is 58.4 Å². The number of rotatable bonds is 3. The fourth-order valence-corrected chi connectivity index (χ4v) is 8.05. The Morgan fingerprint density at radius 2 is 1.48 bits per heavy atom. The Kier molecular flexibility index (Phi) is 4.02. The molecule has 0 saturated carbocycles. The van der Waals surface area contributed by atoms with E-state index < -0.39 is 16.1 Å². The van der Waals surface area contributed by atoms with Crippen molar-refractivity contribution < 1.29 is 0 Å². The van der Waals surface area contributed by atoms with Crippen LogP contribution < -0.4 is 0 Å². The lowest BCUT2D eigenvalue weighted by Gasteiger charge is -2.22. The molecule has 2 aliphatic rings. The number of benzene rings is 1. The van der Waals surface area contributed by atoms with Gasteiger partial charge in [0.05, 0.1) is 16.1 Å². The summed E-state index contributed by atoms with van der Waals surface area (Å²) in [4.78, 5) is 1.17. The molecule has 2 aliphatic carbocycles. The molecular formula is C20H26SSi2. The minimum absolute atomic E-state index is 0.397. The standard InChI is InChI=1S/C20H26SSi2/c1-22(2,3)17-12-15(14-10-8-7-9-11-14)16-13-18(23(4,5)6)20(21)19(16)17/h7-13,16H,1-6H3. The van der Waals surface area contributed by atoms with Crippen molar-refractivity contribution in [2.24, 2.45) is 5.92 Å². The molecule has 0 nitrogen and oxygen atoms in total. The second kappa shape index (κ2) is 5.50. The molecule has 0 fully saturated rings. The fraction of sp³-hybridized carbons (Fsp3) is 0.350. The van der Waals surface area contributed by atoms with Gasteiger partial charge < -0.3 is 0 Å². The zero-order valence-electron chi connectivity index (χ0n) is 15.0. The van der Waals surface area contributed by atoms with Crippen molar-refractivity contribution in [1.29, 1.82) is 0 Å². The van der Waals surface area contributed by atoms with Crippen molar-refractivity contribution in [2.45, 2.75) is 39.3 Å². The van der Waals surface area contributed by atoms with E-state index >= 15 is 0 Å². The van der Waals surface area contributed by atoms with Gasteiger partial charge in [0.15, 0.2) is 0 Å². The van der Waals surface area contributed by atoms with E-state index in [0.717, 1.165) is 0 Å². The van der Waals surface area contributed by atoms with Gasteiger partial charge in [-0.3, -0.25) is 0 Å². The molecule has 0 aromatic heterocycles. The molecule has 1 aromatic carbocycles. The fourth-order valence-electron chi connectivity index (χ4n) is 3.57. The lowest BCUT2D eigenvalue weighted by molar-refractivity contribution is 1.10. The van der Waals surface area contributed by atoms with Gasteiger partial charge in [0.1, 0.15) is 0 Å². The highest BCUT2D eigenvalue weighted by atomic mass is 32.1. The highest BCUT2D eigenvalue weighted by molar-refractivity contribution is 7.81. The summed E-state index contributed by atoms with van der Waals surface area (Å²) in [5, 5.41) is 3.06. The van der Waals surface area contributed by atoms with Crippen LogP contribution in [-0.2, 0) is 0 Å². The first-order valence-electron chi connectivity index (χ1n) is 8.39. The zero-order chi connectivity index (χ0) is 17.0. The summed E-state index contributed by atoms with van der Waals surface area (Å²) in [6.45, 7) is 14.5. The third kappa shape index (κ3) is 2.90. The normalized spacial score (nSPS) is 21.5. The van der Waals surface area contributed by atoms with Gasteiger partial charge in [0.2, 0.25) is 0 Å². The smallest absolute Gasteiger partial charge is 0.0791 e. The first-order valence-corrected chi connectivity index (χ1v) is 15.8. The van der Waals surface area contributed by atoms with E-state index in [1.54, 1.807) is 5.20 Å². The molecular weight excluding hydrogens is 328 g/mol. The highest BCUT2D eigenvalue weighted by Crippen LogP contribution is 2.48. The van der Waals surface area contributed by atoms with E-state index in [2.05, 4.69) is 81.8 Å². The summed E-state index contributed by atoms with van der Waals surface area (Å²) in [6.07, 6.45) is 4.96. The maximum absolute atomic E-state index is 5.97. The summed E-state index contributed by atoms with van der Waals surface area (Å²) in [5.41, 5.74) is 4.27. The third-order valence-corrected chi connectivity index (χ3v) is 9.47. The van der Waals surface area contributed by atoms with Crippen molar-refractivity contribution in [3.05, 3.63) is 64.0 Å². The van der Waals surface area contributed by atoms with Crippen LogP contribution >= 0.6 is 12.2 Å². The van der Waals surface area contributed by atoms with Crippen molar-refractivity contribution in [2.75, 3.05) is 0 Å². The topological polar surface area (TPSA) is 0 Å². The van der Waals surface area contributed by atoms with E-state index in [4.69, 9.17) is 12.2 Å². The van der Waals surface area contributed by atoms with Crippen LogP contribution in [0.2, 0.25) is 39.3 Å². The zero-order valence-corrected chi connectivity index (χ0v) is 17.8. The maximum atomic E-state index is 5.97.